The average molecular weight is 596 g/mol. The van der Waals surface area contributed by atoms with E-state index in [1.54, 1.807) is 0 Å². The molecule has 41 heavy (non-hydrogen) atoms. The molecular formula is C30H37F4N3O3S. The van der Waals surface area contributed by atoms with Crippen LogP contribution in [0.2, 0.25) is 0 Å². The van der Waals surface area contributed by atoms with E-state index in [4.69, 9.17) is 0 Å². The van der Waals surface area contributed by atoms with Crippen molar-refractivity contribution in [1.29, 1.82) is 0 Å². The lowest BCUT2D eigenvalue weighted by Crippen LogP contribution is -2.46. The highest BCUT2D eigenvalue weighted by molar-refractivity contribution is 7.89. The number of fused-ring (bicyclic) bond motifs is 1. The van der Waals surface area contributed by atoms with Gasteiger partial charge in [-0.3, -0.25) is 9.69 Å². The molecule has 1 aliphatic carbocycles. The molecule has 0 spiro atoms. The SMILES string of the molecule is O=C(CC1CCCCN1S(=O)(=O)c1cccc(C(F)(F)F)c1)NC1CCCc2cc(CN3CCC(F)CC3)ccc21. The van der Waals surface area contributed by atoms with Crippen LogP contribution in [0.15, 0.2) is 47.4 Å². The van der Waals surface area contributed by atoms with E-state index in [-0.39, 0.29) is 24.9 Å². The molecule has 2 heterocycles. The second kappa shape index (κ2) is 12.4. The number of likely N-dealkylation sites (tertiary alicyclic amines) is 1. The molecule has 5 rings (SSSR count). The molecule has 2 unspecified atom stereocenters. The van der Waals surface area contributed by atoms with E-state index in [0.29, 0.717) is 31.7 Å². The molecule has 3 aliphatic rings. The van der Waals surface area contributed by atoms with E-state index >= 15 is 0 Å². The maximum atomic E-state index is 13.5. The Hall–Kier alpha value is -2.50. The molecule has 6 nitrogen and oxygen atoms in total. The first-order valence-electron chi connectivity index (χ1n) is 14.5. The molecule has 2 aromatic rings. The number of rotatable bonds is 7. The van der Waals surface area contributed by atoms with Gasteiger partial charge in [0.1, 0.15) is 6.17 Å². The van der Waals surface area contributed by atoms with Gasteiger partial charge in [0, 0.05) is 38.6 Å². The lowest BCUT2D eigenvalue weighted by Gasteiger charge is -2.35. The third-order valence-electron chi connectivity index (χ3n) is 8.54. The van der Waals surface area contributed by atoms with Crippen LogP contribution in [-0.2, 0) is 34.0 Å². The number of piperidine rings is 2. The summed E-state index contributed by atoms with van der Waals surface area (Å²) < 4.78 is 81.2. The van der Waals surface area contributed by atoms with Crippen molar-refractivity contribution in [2.45, 2.75) is 93.7 Å². The topological polar surface area (TPSA) is 69.7 Å². The standard InChI is InChI=1S/C30H37F4N3O3S/c31-24-12-15-36(16-13-24)20-21-10-11-27-22(17-21)5-3-9-28(27)35-29(38)19-25-7-1-2-14-37(25)41(39,40)26-8-4-6-23(18-26)30(32,33)34/h4,6,8,10-11,17-18,24-25,28H,1-3,5,7,9,12-16,19-20H2,(H,35,38). The maximum absolute atomic E-state index is 13.5. The predicted octanol–water partition coefficient (Wildman–Crippen LogP) is 5.77. The maximum Gasteiger partial charge on any atom is 0.416 e. The first-order valence-corrected chi connectivity index (χ1v) is 15.9. The summed E-state index contributed by atoms with van der Waals surface area (Å²) in [7, 11) is -4.21. The van der Waals surface area contributed by atoms with Gasteiger partial charge in [-0.2, -0.15) is 17.5 Å². The molecule has 0 bridgehead atoms. The van der Waals surface area contributed by atoms with Gasteiger partial charge >= 0.3 is 6.18 Å². The number of carbonyl (C=O) groups is 1. The van der Waals surface area contributed by atoms with Crippen molar-refractivity contribution in [2.24, 2.45) is 0 Å². The lowest BCUT2D eigenvalue weighted by atomic mass is 9.86. The number of amides is 1. The van der Waals surface area contributed by atoms with Crippen LogP contribution in [-0.4, -0.2) is 55.4 Å². The zero-order valence-corrected chi connectivity index (χ0v) is 23.8. The molecule has 2 saturated heterocycles. The zero-order valence-electron chi connectivity index (χ0n) is 23.0. The molecule has 2 aromatic carbocycles. The van der Waals surface area contributed by atoms with Gasteiger partial charge in [0.25, 0.3) is 0 Å². The Morgan fingerprint density at radius 1 is 0.951 bits per heavy atom. The van der Waals surface area contributed by atoms with Crippen LogP contribution >= 0.6 is 0 Å². The van der Waals surface area contributed by atoms with Crippen LogP contribution < -0.4 is 5.32 Å². The molecule has 1 amide bonds. The summed E-state index contributed by atoms with van der Waals surface area (Å²) in [5, 5.41) is 3.11. The summed E-state index contributed by atoms with van der Waals surface area (Å²) in [6.07, 6.45) is 0.114. The van der Waals surface area contributed by atoms with E-state index in [2.05, 4.69) is 28.4 Å². The molecule has 2 atom stereocenters. The molecule has 11 heteroatoms. The van der Waals surface area contributed by atoms with Crippen molar-refractivity contribution < 1.29 is 30.8 Å². The molecule has 0 aromatic heterocycles. The summed E-state index contributed by atoms with van der Waals surface area (Å²) >= 11 is 0. The fourth-order valence-electron chi connectivity index (χ4n) is 6.36. The molecule has 2 aliphatic heterocycles. The van der Waals surface area contributed by atoms with Crippen molar-refractivity contribution >= 4 is 15.9 Å². The highest BCUT2D eigenvalue weighted by atomic mass is 32.2. The van der Waals surface area contributed by atoms with Gasteiger partial charge < -0.3 is 5.32 Å². The lowest BCUT2D eigenvalue weighted by molar-refractivity contribution is -0.137. The van der Waals surface area contributed by atoms with Crippen LogP contribution in [0.5, 0.6) is 0 Å². The summed E-state index contributed by atoms with van der Waals surface area (Å²) in [6, 6.07) is 9.28. The Balaban J connectivity index is 1.25. The normalized spacial score (nSPS) is 23.2. The van der Waals surface area contributed by atoms with Crippen LogP contribution in [0.3, 0.4) is 0 Å². The summed E-state index contributed by atoms with van der Waals surface area (Å²) in [5.74, 6) is -0.267. The van der Waals surface area contributed by atoms with Gasteiger partial charge in [-0.1, -0.05) is 30.7 Å². The number of carbonyl (C=O) groups excluding carboxylic acids is 1. The highest BCUT2D eigenvalue weighted by Gasteiger charge is 2.37. The molecular weight excluding hydrogens is 558 g/mol. The molecule has 224 valence electrons. The van der Waals surface area contributed by atoms with Crippen molar-refractivity contribution in [3.63, 3.8) is 0 Å². The second-order valence-corrected chi connectivity index (χ2v) is 13.4. The van der Waals surface area contributed by atoms with Crippen molar-refractivity contribution in [2.75, 3.05) is 19.6 Å². The summed E-state index contributed by atoms with van der Waals surface area (Å²) in [4.78, 5) is 15.1. The number of hydrogen-bond donors (Lipinski definition) is 1. The van der Waals surface area contributed by atoms with Gasteiger partial charge in [-0.05, 0) is 79.8 Å². The third-order valence-corrected chi connectivity index (χ3v) is 10.5. The minimum absolute atomic E-state index is 0.0490. The zero-order chi connectivity index (χ0) is 29.2. The van der Waals surface area contributed by atoms with E-state index in [9.17, 15) is 30.8 Å². The fourth-order valence-corrected chi connectivity index (χ4v) is 8.10. The number of halogens is 4. The van der Waals surface area contributed by atoms with Crippen LogP contribution in [0.25, 0.3) is 0 Å². The van der Waals surface area contributed by atoms with Crippen molar-refractivity contribution in [3.8, 4) is 0 Å². The van der Waals surface area contributed by atoms with Gasteiger partial charge in [0.05, 0.1) is 16.5 Å². The predicted molar refractivity (Wildman–Crippen MR) is 147 cm³/mol. The molecule has 2 fully saturated rings. The Kier molecular flexibility index (Phi) is 9.06. The number of aryl methyl sites for hydroxylation is 1. The summed E-state index contributed by atoms with van der Waals surface area (Å²) in [5.41, 5.74) is 2.40. The van der Waals surface area contributed by atoms with Crippen molar-refractivity contribution in [1.82, 2.24) is 14.5 Å². The highest BCUT2D eigenvalue weighted by Crippen LogP contribution is 2.34. The first-order chi connectivity index (χ1) is 19.5. The number of hydrogen-bond acceptors (Lipinski definition) is 4. The van der Waals surface area contributed by atoms with E-state index in [0.717, 1.165) is 63.0 Å². The Labute approximate surface area is 239 Å². The Bertz CT molecular complexity index is 1340. The number of sulfonamides is 1. The number of nitrogens with zero attached hydrogens (tertiary/aromatic N) is 2. The molecule has 1 N–H and O–H groups in total. The molecule has 0 radical (unpaired) electrons. The number of benzene rings is 2. The fraction of sp³-hybridized carbons (Fsp3) is 0.567. The Morgan fingerprint density at radius 3 is 2.49 bits per heavy atom. The minimum atomic E-state index is -4.66. The van der Waals surface area contributed by atoms with Gasteiger partial charge in [0.15, 0.2) is 0 Å². The van der Waals surface area contributed by atoms with Gasteiger partial charge in [-0.25, -0.2) is 12.8 Å². The quantitative estimate of drug-likeness (QED) is 0.413. The summed E-state index contributed by atoms with van der Waals surface area (Å²) in [6.45, 7) is 2.43. The minimum Gasteiger partial charge on any atom is -0.349 e. The molecule has 0 saturated carbocycles. The second-order valence-electron chi connectivity index (χ2n) is 11.5. The van der Waals surface area contributed by atoms with E-state index in [1.807, 2.05) is 0 Å². The third kappa shape index (κ3) is 7.11. The first kappa shape index (κ1) is 30.0. The van der Waals surface area contributed by atoms with Gasteiger partial charge in [0.2, 0.25) is 15.9 Å². The number of nitrogens with one attached hydrogen (secondary N) is 1. The monoisotopic (exact) mass is 595 g/mol. The number of alkyl halides is 4. The Morgan fingerprint density at radius 2 is 1.73 bits per heavy atom. The van der Waals surface area contributed by atoms with Gasteiger partial charge in [-0.15, -0.1) is 0 Å². The average Bonchev–Trinajstić information content (AvgIpc) is 2.94. The van der Waals surface area contributed by atoms with Crippen LogP contribution in [0.4, 0.5) is 17.6 Å². The van der Waals surface area contributed by atoms with Crippen LogP contribution in [0.1, 0.15) is 79.7 Å². The van der Waals surface area contributed by atoms with Crippen molar-refractivity contribution in [3.05, 3.63) is 64.7 Å². The van der Waals surface area contributed by atoms with E-state index < -0.39 is 38.9 Å². The van der Waals surface area contributed by atoms with E-state index in [1.165, 1.54) is 21.5 Å². The van der Waals surface area contributed by atoms with Crippen LogP contribution in [0, 0.1) is 0 Å². The smallest absolute Gasteiger partial charge is 0.349 e. The largest absolute Gasteiger partial charge is 0.416 e.